The lowest BCUT2D eigenvalue weighted by molar-refractivity contribution is -0.160. The van der Waals surface area contributed by atoms with Crippen molar-refractivity contribution < 1.29 is 19.1 Å². The van der Waals surface area contributed by atoms with Crippen molar-refractivity contribution in [3.63, 3.8) is 0 Å². The third kappa shape index (κ3) is 3.66. The van der Waals surface area contributed by atoms with Crippen LogP contribution in [0, 0.1) is 23.2 Å². The summed E-state index contributed by atoms with van der Waals surface area (Å²) in [5.41, 5.74) is 0.906. The lowest BCUT2D eigenvalue weighted by Gasteiger charge is -2.55. The van der Waals surface area contributed by atoms with Gasteiger partial charge in [0, 0.05) is 23.4 Å². The van der Waals surface area contributed by atoms with Crippen molar-refractivity contribution in [2.75, 3.05) is 13.1 Å². The molecule has 0 aromatic carbocycles. The Morgan fingerprint density at radius 2 is 1.87 bits per heavy atom. The fourth-order valence-electron chi connectivity index (χ4n) is 6.71. The zero-order valence-electron chi connectivity index (χ0n) is 17.5. The monoisotopic (exact) mass is 430 g/mol. The Hall–Kier alpha value is -1.89. The number of nitrogens with one attached hydrogen (secondary N) is 1. The van der Waals surface area contributed by atoms with Crippen LogP contribution in [0.2, 0.25) is 0 Å². The van der Waals surface area contributed by atoms with E-state index in [1.54, 1.807) is 23.2 Å². The summed E-state index contributed by atoms with van der Waals surface area (Å²) in [5.74, 6) is 1.34. The molecule has 1 aromatic heterocycles. The number of fused-ring (bicyclic) bond motifs is 1. The number of esters is 1. The Kier molecular flexibility index (Phi) is 5.12. The summed E-state index contributed by atoms with van der Waals surface area (Å²) in [7, 11) is 0. The van der Waals surface area contributed by atoms with Gasteiger partial charge in [-0.05, 0) is 86.6 Å². The van der Waals surface area contributed by atoms with Crippen LogP contribution in [-0.2, 0) is 32.1 Å². The van der Waals surface area contributed by atoms with Crippen LogP contribution in [-0.4, -0.2) is 41.9 Å². The Bertz CT molecular complexity index is 828. The number of carbonyl (C=O) groups excluding carboxylic acids is 3. The zero-order chi connectivity index (χ0) is 20.9. The van der Waals surface area contributed by atoms with Crippen LogP contribution in [0.25, 0.3) is 0 Å². The van der Waals surface area contributed by atoms with Gasteiger partial charge in [0.25, 0.3) is 5.91 Å². The predicted molar refractivity (Wildman–Crippen MR) is 113 cm³/mol. The van der Waals surface area contributed by atoms with Crippen LogP contribution in [0.15, 0.2) is 11.4 Å². The molecule has 30 heavy (non-hydrogen) atoms. The first-order chi connectivity index (χ1) is 14.4. The SMILES string of the molecule is CC(OC(=O)CNC(=O)C12CC3CC(CC(C3)C1)C2)C(=O)N1CCc2sccc2C1. The highest BCUT2D eigenvalue weighted by Crippen LogP contribution is 2.60. The standard InChI is InChI=1S/C23H30N2O4S/c1-14(21(27)25-4-2-19-18(13-25)3-5-30-19)29-20(26)12-24-22(28)23-9-15-6-16(10-23)8-17(7-15)11-23/h3,5,14-17H,2,4,6-13H2,1H3,(H,24,28). The summed E-state index contributed by atoms with van der Waals surface area (Å²) >= 11 is 1.72. The van der Waals surface area contributed by atoms with E-state index in [1.165, 1.54) is 29.7 Å². The molecular weight excluding hydrogens is 400 g/mol. The van der Waals surface area contributed by atoms with Gasteiger partial charge in [-0.25, -0.2) is 0 Å². The third-order valence-electron chi connectivity index (χ3n) is 7.69. The van der Waals surface area contributed by atoms with Crippen LogP contribution in [0.4, 0.5) is 0 Å². The lowest BCUT2D eigenvalue weighted by Crippen LogP contribution is -2.54. The van der Waals surface area contributed by atoms with E-state index in [-0.39, 0.29) is 23.8 Å². The molecule has 2 amide bonds. The van der Waals surface area contributed by atoms with E-state index < -0.39 is 12.1 Å². The van der Waals surface area contributed by atoms with Crippen LogP contribution < -0.4 is 5.32 Å². The van der Waals surface area contributed by atoms with Crippen molar-refractivity contribution in [2.24, 2.45) is 23.2 Å². The first kappa shape index (κ1) is 20.0. The smallest absolute Gasteiger partial charge is 0.326 e. The molecule has 4 saturated carbocycles. The molecule has 1 atom stereocenters. The second-order valence-electron chi connectivity index (χ2n) is 9.89. The zero-order valence-corrected chi connectivity index (χ0v) is 18.3. The molecule has 1 unspecified atom stereocenters. The second-order valence-corrected chi connectivity index (χ2v) is 10.9. The Labute approximate surface area is 181 Å². The van der Waals surface area contributed by atoms with Crippen molar-refractivity contribution in [2.45, 2.75) is 64.5 Å². The number of ether oxygens (including phenoxy) is 1. The molecule has 5 aliphatic rings. The largest absolute Gasteiger partial charge is 0.451 e. The highest BCUT2D eigenvalue weighted by molar-refractivity contribution is 7.10. The van der Waals surface area contributed by atoms with Crippen molar-refractivity contribution in [3.8, 4) is 0 Å². The molecule has 6 rings (SSSR count). The highest BCUT2D eigenvalue weighted by Gasteiger charge is 2.54. The minimum Gasteiger partial charge on any atom is -0.451 e. The molecule has 6 nitrogen and oxygen atoms in total. The van der Waals surface area contributed by atoms with E-state index in [4.69, 9.17) is 4.74 Å². The molecule has 162 valence electrons. The molecule has 1 aliphatic heterocycles. The molecular formula is C23H30N2O4S. The lowest BCUT2D eigenvalue weighted by atomic mass is 9.49. The second kappa shape index (κ2) is 7.66. The summed E-state index contributed by atoms with van der Waals surface area (Å²) in [6.45, 7) is 2.68. The van der Waals surface area contributed by atoms with E-state index in [0.717, 1.165) is 25.7 Å². The number of rotatable bonds is 5. The van der Waals surface area contributed by atoms with Gasteiger partial charge in [0.2, 0.25) is 5.91 Å². The molecule has 1 N–H and O–H groups in total. The number of nitrogens with zero attached hydrogens (tertiary/aromatic N) is 1. The maximum absolute atomic E-state index is 13.0. The molecule has 0 spiro atoms. The van der Waals surface area contributed by atoms with Crippen LogP contribution in [0.5, 0.6) is 0 Å². The minimum atomic E-state index is -0.839. The number of amides is 2. The topological polar surface area (TPSA) is 75.7 Å². The van der Waals surface area contributed by atoms with Gasteiger partial charge >= 0.3 is 5.97 Å². The van der Waals surface area contributed by atoms with Gasteiger partial charge < -0.3 is 15.0 Å². The van der Waals surface area contributed by atoms with Gasteiger partial charge in [0.1, 0.15) is 6.54 Å². The Balaban J connectivity index is 1.11. The number of hydrogen-bond acceptors (Lipinski definition) is 5. The molecule has 4 fully saturated rings. The van der Waals surface area contributed by atoms with Gasteiger partial charge in [-0.3, -0.25) is 14.4 Å². The first-order valence-electron chi connectivity index (χ1n) is 11.2. The van der Waals surface area contributed by atoms with Gasteiger partial charge in [-0.15, -0.1) is 11.3 Å². The maximum Gasteiger partial charge on any atom is 0.326 e. The number of carbonyl (C=O) groups is 3. The molecule has 0 saturated heterocycles. The molecule has 0 radical (unpaired) electrons. The quantitative estimate of drug-likeness (QED) is 0.729. The van der Waals surface area contributed by atoms with Crippen LogP contribution in [0.3, 0.4) is 0 Å². The van der Waals surface area contributed by atoms with E-state index in [9.17, 15) is 14.4 Å². The summed E-state index contributed by atoms with van der Waals surface area (Å²) in [4.78, 5) is 41.1. The van der Waals surface area contributed by atoms with E-state index in [1.807, 2.05) is 0 Å². The number of thiophene rings is 1. The van der Waals surface area contributed by atoms with E-state index >= 15 is 0 Å². The molecule has 4 aliphatic carbocycles. The fourth-order valence-corrected chi connectivity index (χ4v) is 7.60. The van der Waals surface area contributed by atoms with Crippen LogP contribution >= 0.6 is 11.3 Å². The minimum absolute atomic E-state index is 0.0125. The van der Waals surface area contributed by atoms with Gasteiger partial charge in [0.05, 0.1) is 0 Å². The molecule has 4 bridgehead atoms. The van der Waals surface area contributed by atoms with Gasteiger partial charge in [0.15, 0.2) is 6.10 Å². The van der Waals surface area contributed by atoms with Gasteiger partial charge in [-0.2, -0.15) is 0 Å². The summed E-state index contributed by atoms with van der Waals surface area (Å²) in [6.07, 6.45) is 6.73. The normalized spacial score (nSPS) is 32.4. The predicted octanol–water partition coefficient (Wildman–Crippen LogP) is 2.90. The Morgan fingerprint density at radius 3 is 2.53 bits per heavy atom. The van der Waals surface area contributed by atoms with E-state index in [2.05, 4.69) is 16.8 Å². The maximum atomic E-state index is 13.0. The molecule has 1 aromatic rings. The summed E-state index contributed by atoms with van der Waals surface area (Å²) in [5, 5.41) is 4.89. The van der Waals surface area contributed by atoms with Crippen molar-refractivity contribution >= 4 is 29.1 Å². The Morgan fingerprint density at radius 1 is 1.20 bits per heavy atom. The van der Waals surface area contributed by atoms with E-state index in [0.29, 0.717) is 30.8 Å². The summed E-state index contributed by atoms with van der Waals surface area (Å²) < 4.78 is 5.36. The average molecular weight is 431 g/mol. The van der Waals surface area contributed by atoms with Crippen LogP contribution in [0.1, 0.15) is 55.9 Å². The fraction of sp³-hybridized carbons (Fsp3) is 0.696. The molecule has 7 heteroatoms. The van der Waals surface area contributed by atoms with Crippen molar-refractivity contribution in [3.05, 3.63) is 21.9 Å². The third-order valence-corrected chi connectivity index (χ3v) is 8.71. The van der Waals surface area contributed by atoms with Crippen molar-refractivity contribution in [1.29, 1.82) is 0 Å². The molecule has 2 heterocycles. The highest BCUT2D eigenvalue weighted by atomic mass is 32.1. The van der Waals surface area contributed by atoms with Gasteiger partial charge in [-0.1, -0.05) is 0 Å². The first-order valence-corrected chi connectivity index (χ1v) is 12.1. The number of hydrogen-bond donors (Lipinski definition) is 1. The van der Waals surface area contributed by atoms with Crippen molar-refractivity contribution in [1.82, 2.24) is 10.2 Å². The summed E-state index contributed by atoms with van der Waals surface area (Å²) in [6, 6.07) is 2.05. The average Bonchev–Trinajstić information content (AvgIpc) is 3.18.